The van der Waals surface area contributed by atoms with E-state index in [1.54, 1.807) is 4.68 Å². The summed E-state index contributed by atoms with van der Waals surface area (Å²) in [5, 5.41) is 10.6. The van der Waals surface area contributed by atoms with Crippen molar-refractivity contribution >= 4 is 23.3 Å². The second-order valence-corrected chi connectivity index (χ2v) is 9.16. The van der Waals surface area contributed by atoms with Crippen LogP contribution < -0.4 is 10.6 Å². The number of rotatable bonds is 7. The Morgan fingerprint density at radius 1 is 0.875 bits per heavy atom. The molecule has 0 saturated carbocycles. The molecule has 0 aliphatic heterocycles. The number of benzene rings is 2. The van der Waals surface area contributed by atoms with Crippen LogP contribution in [-0.4, -0.2) is 21.6 Å². The maximum Gasteiger partial charge on any atom is 0.225 e. The lowest BCUT2D eigenvalue weighted by Gasteiger charge is -2.14. The molecular formula is C26H32N4O2. The van der Waals surface area contributed by atoms with Crippen LogP contribution in [0.15, 0.2) is 54.6 Å². The monoisotopic (exact) mass is 432 g/mol. The molecular weight excluding hydrogens is 400 g/mol. The summed E-state index contributed by atoms with van der Waals surface area (Å²) >= 11 is 0. The van der Waals surface area contributed by atoms with E-state index in [1.165, 1.54) is 5.56 Å². The van der Waals surface area contributed by atoms with Gasteiger partial charge in [0.2, 0.25) is 11.8 Å². The first kappa shape index (κ1) is 23.3. The SMILES string of the molecule is Cc1ccc(NC(=O)CCCC(=O)Nc2cc(C(C)(C)C)nn2-c2ccccc2)cc1C. The third-order valence-corrected chi connectivity index (χ3v) is 5.34. The molecule has 0 aliphatic carbocycles. The number of amides is 2. The second-order valence-electron chi connectivity index (χ2n) is 9.16. The fourth-order valence-corrected chi connectivity index (χ4v) is 3.26. The highest BCUT2D eigenvalue weighted by atomic mass is 16.2. The Bertz CT molecular complexity index is 1090. The summed E-state index contributed by atoms with van der Waals surface area (Å²) in [4.78, 5) is 24.8. The van der Waals surface area contributed by atoms with E-state index in [2.05, 4.69) is 31.4 Å². The summed E-state index contributed by atoms with van der Waals surface area (Å²) in [7, 11) is 0. The summed E-state index contributed by atoms with van der Waals surface area (Å²) in [5.74, 6) is 0.401. The topological polar surface area (TPSA) is 76.0 Å². The molecule has 0 spiro atoms. The molecule has 0 radical (unpaired) electrons. The number of carbonyl (C=O) groups excluding carboxylic acids is 2. The van der Waals surface area contributed by atoms with Gasteiger partial charge in [-0.05, 0) is 55.7 Å². The first-order valence-corrected chi connectivity index (χ1v) is 11.0. The molecule has 1 heterocycles. The Morgan fingerprint density at radius 2 is 1.53 bits per heavy atom. The van der Waals surface area contributed by atoms with Gasteiger partial charge >= 0.3 is 0 Å². The molecule has 32 heavy (non-hydrogen) atoms. The van der Waals surface area contributed by atoms with Gasteiger partial charge in [0.1, 0.15) is 5.82 Å². The fraction of sp³-hybridized carbons (Fsp3) is 0.346. The number of nitrogens with zero attached hydrogens (tertiary/aromatic N) is 2. The van der Waals surface area contributed by atoms with E-state index < -0.39 is 0 Å². The van der Waals surface area contributed by atoms with Crippen LogP contribution in [0.5, 0.6) is 0 Å². The summed E-state index contributed by atoms with van der Waals surface area (Å²) in [6, 6.07) is 17.5. The molecule has 168 valence electrons. The Labute approximate surface area is 190 Å². The lowest BCUT2D eigenvalue weighted by atomic mass is 9.92. The predicted molar refractivity (Wildman–Crippen MR) is 129 cm³/mol. The van der Waals surface area contributed by atoms with Crippen molar-refractivity contribution < 1.29 is 9.59 Å². The number of aromatic nitrogens is 2. The summed E-state index contributed by atoms with van der Waals surface area (Å²) in [6.07, 6.45) is 1.00. The Morgan fingerprint density at radius 3 is 2.16 bits per heavy atom. The molecule has 0 saturated heterocycles. The minimum absolute atomic E-state index is 0.0922. The first-order chi connectivity index (χ1) is 15.1. The van der Waals surface area contributed by atoms with Crippen LogP contribution in [0, 0.1) is 13.8 Å². The van der Waals surface area contributed by atoms with E-state index in [-0.39, 0.29) is 30.1 Å². The highest BCUT2D eigenvalue weighted by molar-refractivity contribution is 5.93. The van der Waals surface area contributed by atoms with Crippen molar-refractivity contribution in [3.63, 3.8) is 0 Å². The maximum absolute atomic E-state index is 12.6. The normalized spacial score (nSPS) is 11.3. The average molecular weight is 433 g/mol. The fourth-order valence-electron chi connectivity index (χ4n) is 3.26. The third-order valence-electron chi connectivity index (χ3n) is 5.34. The van der Waals surface area contributed by atoms with Gasteiger partial charge in [0.15, 0.2) is 0 Å². The standard InChI is InChI=1S/C26H32N4O2/c1-18-14-15-20(16-19(18)2)27-24(31)12-9-13-25(32)28-23-17-22(26(3,4)5)29-30(23)21-10-7-6-8-11-21/h6-8,10-11,14-17H,9,12-13H2,1-5H3,(H,27,31)(H,28,32). The zero-order valence-electron chi connectivity index (χ0n) is 19.5. The number of aryl methyl sites for hydroxylation is 2. The molecule has 0 aliphatic rings. The maximum atomic E-state index is 12.6. The lowest BCUT2D eigenvalue weighted by molar-refractivity contribution is -0.117. The van der Waals surface area contributed by atoms with Crippen LogP contribution in [0.2, 0.25) is 0 Å². The van der Waals surface area contributed by atoms with Crippen LogP contribution in [0.25, 0.3) is 5.69 Å². The Balaban J connectivity index is 1.59. The van der Waals surface area contributed by atoms with Crippen LogP contribution in [0.3, 0.4) is 0 Å². The van der Waals surface area contributed by atoms with Crippen molar-refractivity contribution in [2.45, 2.75) is 59.3 Å². The van der Waals surface area contributed by atoms with E-state index in [4.69, 9.17) is 5.10 Å². The summed E-state index contributed by atoms with van der Waals surface area (Å²) < 4.78 is 1.75. The van der Waals surface area contributed by atoms with E-state index in [9.17, 15) is 9.59 Å². The van der Waals surface area contributed by atoms with Crippen molar-refractivity contribution in [3.05, 3.63) is 71.4 Å². The number of anilines is 2. The number of carbonyl (C=O) groups is 2. The van der Waals surface area contributed by atoms with E-state index >= 15 is 0 Å². The zero-order valence-corrected chi connectivity index (χ0v) is 19.5. The molecule has 2 N–H and O–H groups in total. The predicted octanol–water partition coefficient (Wildman–Crippen LogP) is 5.53. The van der Waals surface area contributed by atoms with Crippen LogP contribution >= 0.6 is 0 Å². The minimum Gasteiger partial charge on any atom is -0.326 e. The van der Waals surface area contributed by atoms with Crippen molar-refractivity contribution in [1.82, 2.24) is 9.78 Å². The van der Waals surface area contributed by atoms with Gasteiger partial charge in [-0.2, -0.15) is 5.10 Å². The smallest absolute Gasteiger partial charge is 0.225 e. The van der Waals surface area contributed by atoms with E-state index in [0.29, 0.717) is 12.2 Å². The molecule has 0 atom stereocenters. The largest absolute Gasteiger partial charge is 0.326 e. The third kappa shape index (κ3) is 6.06. The molecule has 3 aromatic rings. The van der Waals surface area contributed by atoms with Gasteiger partial charge in [-0.1, -0.05) is 45.0 Å². The molecule has 0 bridgehead atoms. The molecule has 6 heteroatoms. The van der Waals surface area contributed by atoms with Crippen molar-refractivity contribution in [2.24, 2.45) is 0 Å². The molecule has 0 unspecified atom stereocenters. The first-order valence-electron chi connectivity index (χ1n) is 11.0. The highest BCUT2D eigenvalue weighted by Crippen LogP contribution is 2.26. The zero-order chi connectivity index (χ0) is 23.3. The Hall–Kier alpha value is -3.41. The van der Waals surface area contributed by atoms with Crippen LogP contribution in [0.1, 0.15) is 56.9 Å². The molecule has 1 aromatic heterocycles. The number of nitrogens with one attached hydrogen (secondary N) is 2. The van der Waals surface area contributed by atoms with Gasteiger partial charge in [-0.3, -0.25) is 9.59 Å². The van der Waals surface area contributed by atoms with Crippen LogP contribution in [-0.2, 0) is 15.0 Å². The minimum atomic E-state index is -0.147. The number of para-hydroxylation sites is 1. The van der Waals surface area contributed by atoms with Gasteiger partial charge in [-0.25, -0.2) is 4.68 Å². The molecule has 6 nitrogen and oxygen atoms in total. The van der Waals surface area contributed by atoms with Gasteiger partial charge < -0.3 is 10.6 Å². The van der Waals surface area contributed by atoms with E-state index in [0.717, 1.165) is 22.6 Å². The van der Waals surface area contributed by atoms with Gasteiger partial charge in [0, 0.05) is 30.0 Å². The van der Waals surface area contributed by atoms with Crippen LogP contribution in [0.4, 0.5) is 11.5 Å². The number of hydrogen-bond donors (Lipinski definition) is 2. The molecule has 3 rings (SSSR count). The van der Waals surface area contributed by atoms with Gasteiger partial charge in [-0.15, -0.1) is 0 Å². The molecule has 0 fully saturated rings. The second kappa shape index (κ2) is 9.81. The Kier molecular flexibility index (Phi) is 7.13. The number of hydrogen-bond acceptors (Lipinski definition) is 3. The summed E-state index contributed by atoms with van der Waals surface area (Å²) in [5.41, 5.74) is 4.72. The van der Waals surface area contributed by atoms with Gasteiger partial charge in [0.25, 0.3) is 0 Å². The van der Waals surface area contributed by atoms with Crippen molar-refractivity contribution in [1.29, 1.82) is 0 Å². The molecule has 2 amide bonds. The van der Waals surface area contributed by atoms with E-state index in [1.807, 2.05) is 68.4 Å². The van der Waals surface area contributed by atoms with Gasteiger partial charge in [0.05, 0.1) is 11.4 Å². The van der Waals surface area contributed by atoms with Crippen molar-refractivity contribution in [2.75, 3.05) is 10.6 Å². The summed E-state index contributed by atoms with van der Waals surface area (Å²) in [6.45, 7) is 10.3. The molecule has 2 aromatic carbocycles. The average Bonchev–Trinajstić information content (AvgIpc) is 3.15. The lowest BCUT2D eigenvalue weighted by Crippen LogP contribution is -2.16. The highest BCUT2D eigenvalue weighted by Gasteiger charge is 2.21. The quantitative estimate of drug-likeness (QED) is 0.515. The van der Waals surface area contributed by atoms with Crippen molar-refractivity contribution in [3.8, 4) is 5.69 Å².